The number of pyridine rings is 1. The minimum atomic E-state index is -0.364. The van der Waals surface area contributed by atoms with Gasteiger partial charge in [-0.2, -0.15) is 0 Å². The molecule has 0 atom stereocenters. The number of ether oxygens (including phenoxy) is 1. The molecule has 0 unspecified atom stereocenters. The van der Waals surface area contributed by atoms with Crippen molar-refractivity contribution in [3.05, 3.63) is 53.4 Å². The topological polar surface area (TPSA) is 83.5 Å². The number of amides is 1. The van der Waals surface area contributed by atoms with Crippen molar-refractivity contribution in [2.75, 3.05) is 48.4 Å². The maximum absolute atomic E-state index is 14.0. The highest BCUT2D eigenvalue weighted by molar-refractivity contribution is 7.13. The van der Waals surface area contributed by atoms with E-state index in [2.05, 4.69) is 30.3 Å². The zero-order valence-corrected chi connectivity index (χ0v) is 16.5. The van der Waals surface area contributed by atoms with Crippen LogP contribution in [-0.4, -0.2) is 54.4 Å². The average molecular weight is 414 g/mol. The number of anilines is 3. The number of methoxy groups -OCH3 is 1. The number of aromatic nitrogens is 3. The maximum Gasteiger partial charge on any atom is 0.259 e. The van der Waals surface area contributed by atoms with Crippen LogP contribution in [0.25, 0.3) is 0 Å². The zero-order valence-electron chi connectivity index (χ0n) is 15.7. The highest BCUT2D eigenvalue weighted by Crippen LogP contribution is 2.25. The van der Waals surface area contributed by atoms with Crippen LogP contribution < -0.4 is 19.9 Å². The lowest BCUT2D eigenvalue weighted by Crippen LogP contribution is -2.46. The van der Waals surface area contributed by atoms with Gasteiger partial charge in [-0.1, -0.05) is 11.3 Å². The Morgan fingerprint density at radius 2 is 1.97 bits per heavy atom. The lowest BCUT2D eigenvalue weighted by atomic mass is 10.2. The summed E-state index contributed by atoms with van der Waals surface area (Å²) in [7, 11) is 1.45. The number of hydrogen-bond donors (Lipinski definition) is 1. The molecule has 4 rings (SSSR count). The number of nitrogens with zero attached hydrogens (tertiary/aromatic N) is 5. The number of piperazine rings is 1. The lowest BCUT2D eigenvalue weighted by Gasteiger charge is -2.36. The van der Waals surface area contributed by atoms with Crippen molar-refractivity contribution in [1.29, 1.82) is 0 Å². The predicted molar refractivity (Wildman–Crippen MR) is 109 cm³/mol. The highest BCUT2D eigenvalue weighted by Gasteiger charge is 2.20. The van der Waals surface area contributed by atoms with Crippen LogP contribution in [0, 0.1) is 5.82 Å². The van der Waals surface area contributed by atoms with Crippen molar-refractivity contribution in [1.82, 2.24) is 15.2 Å². The lowest BCUT2D eigenvalue weighted by molar-refractivity contribution is 0.102. The van der Waals surface area contributed by atoms with E-state index < -0.39 is 0 Å². The van der Waals surface area contributed by atoms with Crippen molar-refractivity contribution >= 4 is 33.9 Å². The van der Waals surface area contributed by atoms with E-state index >= 15 is 0 Å². The van der Waals surface area contributed by atoms with Crippen molar-refractivity contribution in [2.24, 2.45) is 0 Å². The number of nitrogens with one attached hydrogen (secondary N) is 1. The molecule has 0 bridgehead atoms. The van der Waals surface area contributed by atoms with Gasteiger partial charge in [-0.25, -0.2) is 9.37 Å². The third-order valence-corrected chi connectivity index (χ3v) is 5.30. The second kappa shape index (κ2) is 8.39. The van der Waals surface area contributed by atoms with Crippen LogP contribution >= 0.6 is 11.3 Å². The Bertz CT molecular complexity index is 975. The van der Waals surface area contributed by atoms with Crippen LogP contribution in [0.5, 0.6) is 5.75 Å². The molecule has 1 saturated heterocycles. The SMILES string of the molecule is COc1ccc(N2CCN(c3ccc(C(=O)Nc4nncs4)cn3)CC2)cc1F. The van der Waals surface area contributed by atoms with E-state index in [-0.39, 0.29) is 17.5 Å². The zero-order chi connectivity index (χ0) is 20.2. The van der Waals surface area contributed by atoms with E-state index in [1.165, 1.54) is 24.5 Å². The Morgan fingerprint density at radius 3 is 2.59 bits per heavy atom. The van der Waals surface area contributed by atoms with Crippen molar-refractivity contribution in [2.45, 2.75) is 0 Å². The van der Waals surface area contributed by atoms with Gasteiger partial charge in [-0.3, -0.25) is 10.1 Å². The number of carbonyl (C=O) groups excluding carboxylic acids is 1. The summed E-state index contributed by atoms with van der Waals surface area (Å²) in [6, 6.07) is 8.57. The van der Waals surface area contributed by atoms with Crippen molar-refractivity contribution in [3.8, 4) is 5.75 Å². The van der Waals surface area contributed by atoms with Gasteiger partial charge in [0.15, 0.2) is 11.6 Å². The summed E-state index contributed by atoms with van der Waals surface area (Å²) in [6.07, 6.45) is 1.55. The van der Waals surface area contributed by atoms with Crippen LogP contribution in [0.15, 0.2) is 42.0 Å². The molecule has 8 nitrogen and oxygen atoms in total. The molecule has 1 amide bonds. The maximum atomic E-state index is 14.0. The molecule has 0 saturated carbocycles. The first-order chi connectivity index (χ1) is 14.1. The molecule has 1 aliphatic rings. The van der Waals surface area contributed by atoms with Gasteiger partial charge >= 0.3 is 0 Å². The summed E-state index contributed by atoms with van der Waals surface area (Å²) in [6.45, 7) is 2.98. The van der Waals surface area contributed by atoms with E-state index in [4.69, 9.17) is 4.74 Å². The van der Waals surface area contributed by atoms with Crippen molar-refractivity contribution in [3.63, 3.8) is 0 Å². The average Bonchev–Trinajstić information content (AvgIpc) is 3.27. The molecule has 2 aromatic heterocycles. The summed E-state index contributed by atoms with van der Waals surface area (Å²) in [5.41, 5.74) is 2.84. The number of benzene rings is 1. The van der Waals surface area contributed by atoms with Crippen LogP contribution in [0.3, 0.4) is 0 Å². The van der Waals surface area contributed by atoms with Gasteiger partial charge in [0.2, 0.25) is 5.13 Å². The van der Waals surface area contributed by atoms with Gasteiger partial charge in [0.25, 0.3) is 5.91 Å². The number of hydrogen-bond acceptors (Lipinski definition) is 8. The van der Waals surface area contributed by atoms with Gasteiger partial charge in [-0.05, 0) is 24.3 Å². The summed E-state index contributed by atoms with van der Waals surface area (Å²) in [4.78, 5) is 20.9. The Balaban J connectivity index is 1.36. The van der Waals surface area contributed by atoms with E-state index in [1.54, 1.807) is 23.8 Å². The second-order valence-corrected chi connectivity index (χ2v) is 7.23. The number of halogens is 1. The van der Waals surface area contributed by atoms with E-state index in [0.717, 1.165) is 37.7 Å². The predicted octanol–water partition coefficient (Wildman–Crippen LogP) is 2.66. The fourth-order valence-corrected chi connectivity index (χ4v) is 3.59. The summed E-state index contributed by atoms with van der Waals surface area (Å²) < 4.78 is 18.9. The second-order valence-electron chi connectivity index (χ2n) is 6.40. The molecule has 0 aliphatic carbocycles. The molecule has 3 aromatic rings. The third kappa shape index (κ3) is 4.27. The first-order valence-electron chi connectivity index (χ1n) is 9.01. The molecule has 0 spiro atoms. The third-order valence-electron chi connectivity index (χ3n) is 4.69. The molecule has 29 heavy (non-hydrogen) atoms. The van der Waals surface area contributed by atoms with Crippen LogP contribution in [-0.2, 0) is 0 Å². The standard InChI is InChI=1S/C19H19FN6O2S/c1-28-16-4-3-14(10-15(16)20)25-6-8-26(9-7-25)17-5-2-13(11-21-17)18(27)23-19-24-22-12-29-19/h2-5,10-12H,6-9H2,1H3,(H,23,24,27). The monoisotopic (exact) mass is 414 g/mol. The summed E-state index contributed by atoms with van der Waals surface area (Å²) in [5.74, 6) is 0.411. The molecule has 1 aliphatic heterocycles. The first-order valence-corrected chi connectivity index (χ1v) is 9.89. The van der Waals surface area contributed by atoms with Gasteiger partial charge < -0.3 is 14.5 Å². The van der Waals surface area contributed by atoms with Gasteiger partial charge in [0.05, 0.1) is 12.7 Å². The molecular formula is C19H19FN6O2S. The minimum absolute atomic E-state index is 0.242. The highest BCUT2D eigenvalue weighted by atomic mass is 32.1. The van der Waals surface area contributed by atoms with Gasteiger partial charge in [0.1, 0.15) is 11.3 Å². The van der Waals surface area contributed by atoms with Crippen molar-refractivity contribution < 1.29 is 13.9 Å². The first kappa shape index (κ1) is 19.1. The Hall–Kier alpha value is -3.27. The molecule has 150 valence electrons. The normalized spacial score (nSPS) is 14.0. The van der Waals surface area contributed by atoms with E-state index in [9.17, 15) is 9.18 Å². The molecule has 1 N–H and O–H groups in total. The Labute approximate surface area is 171 Å². The smallest absolute Gasteiger partial charge is 0.259 e. The number of carbonyl (C=O) groups is 1. The van der Waals surface area contributed by atoms with Crippen LogP contribution in [0.2, 0.25) is 0 Å². The number of rotatable bonds is 5. The van der Waals surface area contributed by atoms with E-state index in [0.29, 0.717) is 10.7 Å². The Kier molecular flexibility index (Phi) is 5.52. The quantitative estimate of drug-likeness (QED) is 0.687. The summed E-state index contributed by atoms with van der Waals surface area (Å²) >= 11 is 1.26. The molecule has 3 heterocycles. The largest absolute Gasteiger partial charge is 0.494 e. The fraction of sp³-hybridized carbons (Fsp3) is 0.263. The minimum Gasteiger partial charge on any atom is -0.494 e. The van der Waals surface area contributed by atoms with Crippen LogP contribution in [0.4, 0.5) is 21.0 Å². The summed E-state index contributed by atoms with van der Waals surface area (Å²) in [5, 5.41) is 10.6. The fourth-order valence-electron chi connectivity index (χ4n) is 3.15. The Morgan fingerprint density at radius 1 is 1.17 bits per heavy atom. The molecule has 10 heteroatoms. The molecular weight excluding hydrogens is 395 g/mol. The molecule has 1 aromatic carbocycles. The molecule has 1 fully saturated rings. The van der Waals surface area contributed by atoms with Gasteiger partial charge in [0, 0.05) is 44.1 Å². The van der Waals surface area contributed by atoms with E-state index in [1.807, 2.05) is 12.1 Å². The van der Waals surface area contributed by atoms with Crippen LogP contribution in [0.1, 0.15) is 10.4 Å². The van der Waals surface area contributed by atoms with Gasteiger partial charge in [-0.15, -0.1) is 10.2 Å². The molecule has 0 radical (unpaired) electrons.